The van der Waals surface area contributed by atoms with Gasteiger partial charge in [0.25, 0.3) is 0 Å². The molecule has 0 saturated carbocycles. The number of hydrogen-bond donors (Lipinski definition) is 0. The molecule has 74 heavy (non-hydrogen) atoms. The van der Waals surface area contributed by atoms with E-state index in [4.69, 9.17) is 9.72 Å². The second kappa shape index (κ2) is 19.8. The van der Waals surface area contributed by atoms with E-state index in [1.165, 1.54) is 46.5 Å². The molecule has 0 unspecified atom stereocenters. The van der Waals surface area contributed by atoms with Crippen molar-refractivity contribution in [2.75, 3.05) is 9.80 Å². The summed E-state index contributed by atoms with van der Waals surface area (Å²) in [5, 5.41) is 2.15. The van der Waals surface area contributed by atoms with Crippen molar-refractivity contribution in [1.82, 2.24) is 9.55 Å². The molecular weight excluding hydrogens is 1100 g/mol. The first-order valence-corrected chi connectivity index (χ1v) is 25.2. The van der Waals surface area contributed by atoms with Gasteiger partial charge in [0, 0.05) is 72.5 Å². The molecule has 0 bridgehead atoms. The molecule has 5 nitrogen and oxygen atoms in total. The fourth-order valence-corrected chi connectivity index (χ4v) is 10.3. The number of nitrogens with zero attached hydrogens (tertiary/aromatic N) is 4. The molecule has 0 amide bonds. The molecule has 374 valence electrons. The molecule has 0 fully saturated rings. The Labute approximate surface area is 448 Å². The predicted octanol–water partition coefficient (Wildman–Crippen LogP) is 18.0. The number of aryl methyl sites for hydroxylation is 2. The molecule has 1 aliphatic rings. The largest absolute Gasteiger partial charge is 0.509 e. The molecule has 11 rings (SSSR count). The van der Waals surface area contributed by atoms with Gasteiger partial charge in [0.05, 0.1) is 0 Å². The molecule has 0 aliphatic carbocycles. The van der Waals surface area contributed by atoms with E-state index in [-0.39, 0.29) is 43.5 Å². The Morgan fingerprint density at radius 1 is 0.554 bits per heavy atom. The van der Waals surface area contributed by atoms with E-state index in [1.54, 1.807) is 0 Å². The molecule has 0 radical (unpaired) electrons. The third kappa shape index (κ3) is 9.32. The summed E-state index contributed by atoms with van der Waals surface area (Å²) in [6.07, 6.45) is 3.59. The zero-order valence-corrected chi connectivity index (χ0v) is 45.2. The summed E-state index contributed by atoms with van der Waals surface area (Å²) in [7, 11) is 0. The summed E-state index contributed by atoms with van der Waals surface area (Å²) in [5.74, 6) is 1.27. The van der Waals surface area contributed by atoms with Crippen LogP contribution in [0, 0.1) is 30.4 Å². The Hall–Kier alpha value is -7.34. The van der Waals surface area contributed by atoms with Crippen molar-refractivity contribution in [3.63, 3.8) is 0 Å². The van der Waals surface area contributed by atoms with Crippen LogP contribution in [-0.2, 0) is 44.7 Å². The van der Waals surface area contributed by atoms with Gasteiger partial charge in [0.2, 0.25) is 0 Å². The fourth-order valence-electron chi connectivity index (χ4n) is 10.3. The first-order chi connectivity index (χ1) is 35.2. The van der Waals surface area contributed by atoms with Crippen molar-refractivity contribution in [1.29, 1.82) is 0 Å². The second-order valence-corrected chi connectivity index (χ2v) is 21.0. The number of halogens is 2. The summed E-state index contributed by atoms with van der Waals surface area (Å²) < 4.78 is 38.6. The Morgan fingerprint density at radius 2 is 1.15 bits per heavy atom. The van der Waals surface area contributed by atoms with Gasteiger partial charge in [-0.25, -0.2) is 13.8 Å². The molecule has 8 heteroatoms. The van der Waals surface area contributed by atoms with Gasteiger partial charge in [-0.3, -0.25) is 0 Å². The number of fused-ring (bicyclic) bond motifs is 4. The van der Waals surface area contributed by atoms with E-state index in [0.717, 1.165) is 96.6 Å². The number of rotatable bonds is 10. The molecule has 10 aromatic rings. The molecular formula is C66H57F2N4OPt-3. The summed E-state index contributed by atoms with van der Waals surface area (Å²) in [6, 6.07) is 61.2. The summed E-state index contributed by atoms with van der Waals surface area (Å²) in [6.45, 7) is 19.7. The first-order valence-electron chi connectivity index (χ1n) is 25.2. The maximum Gasteiger partial charge on any atom is 0.135 e. The molecule has 0 N–H and O–H groups in total. The Morgan fingerprint density at radius 3 is 1.76 bits per heavy atom. The van der Waals surface area contributed by atoms with Gasteiger partial charge in [-0.05, 0) is 135 Å². The number of anilines is 4. The number of ether oxygens (including phenoxy) is 1. The van der Waals surface area contributed by atoms with Crippen LogP contribution in [0.3, 0.4) is 0 Å². The van der Waals surface area contributed by atoms with Gasteiger partial charge >= 0.3 is 0 Å². The van der Waals surface area contributed by atoms with E-state index in [0.29, 0.717) is 11.5 Å². The van der Waals surface area contributed by atoms with Gasteiger partial charge in [0.15, 0.2) is 0 Å². The van der Waals surface area contributed by atoms with Crippen molar-refractivity contribution in [2.24, 2.45) is 0 Å². The monoisotopic (exact) mass is 1150 g/mol. The van der Waals surface area contributed by atoms with E-state index in [1.807, 2.05) is 48.7 Å². The van der Waals surface area contributed by atoms with Crippen molar-refractivity contribution < 1.29 is 34.6 Å². The van der Waals surface area contributed by atoms with Crippen LogP contribution < -0.4 is 14.5 Å². The van der Waals surface area contributed by atoms with Crippen LogP contribution in [0.1, 0.15) is 77.6 Å². The predicted molar refractivity (Wildman–Crippen MR) is 297 cm³/mol. The standard InChI is InChI=1S/C66H57F2N4O.Pt/c1-9-42-16-15-17-43(10-2)63(42)46-34-51(39-53(35-46)73-52-30-31-55-54-18-11-12-19-58(54)72(61(55)40-52)62-38-47(32-33-69-62)65(3,4)5)70-41-71(60-21-14-13-20-59(60)70)64-56(44-22-26-49(67)27-23-44)36-48(66(6,7)8)37-57(64)45-24-28-50(68)29-25-45;/h11-38,41H,9-10H2,1-8H3;/q-3;. The van der Waals surface area contributed by atoms with Crippen LogP contribution in [-0.4, -0.2) is 9.55 Å². The summed E-state index contributed by atoms with van der Waals surface area (Å²) in [5.41, 5.74) is 15.6. The van der Waals surface area contributed by atoms with Crippen molar-refractivity contribution in [3.05, 3.63) is 223 Å². The van der Waals surface area contributed by atoms with E-state index in [2.05, 4.69) is 186 Å². The molecule has 2 aromatic heterocycles. The van der Waals surface area contributed by atoms with Crippen molar-refractivity contribution >= 4 is 44.6 Å². The van der Waals surface area contributed by atoms with Crippen LogP contribution in [0.15, 0.2) is 170 Å². The minimum Gasteiger partial charge on any atom is -0.509 e. The summed E-state index contributed by atoms with van der Waals surface area (Å²) in [4.78, 5) is 9.29. The molecule has 0 atom stereocenters. The van der Waals surface area contributed by atoms with Gasteiger partial charge < -0.3 is 19.1 Å². The zero-order valence-electron chi connectivity index (χ0n) is 42.9. The van der Waals surface area contributed by atoms with Crippen LogP contribution in [0.2, 0.25) is 0 Å². The number of pyridine rings is 1. The average Bonchev–Trinajstić information content (AvgIpc) is 3.94. The minimum absolute atomic E-state index is 0. The third-order valence-electron chi connectivity index (χ3n) is 14.2. The number of hydrogen-bond acceptors (Lipinski definition) is 4. The van der Waals surface area contributed by atoms with Gasteiger partial charge in [-0.15, -0.1) is 53.6 Å². The van der Waals surface area contributed by atoms with E-state index >= 15 is 0 Å². The minimum atomic E-state index is -0.313. The van der Waals surface area contributed by atoms with Gasteiger partial charge in [-0.1, -0.05) is 134 Å². The molecule has 1 aliphatic heterocycles. The normalized spacial score (nSPS) is 12.6. The molecule has 0 spiro atoms. The van der Waals surface area contributed by atoms with Crippen LogP contribution in [0.4, 0.5) is 31.5 Å². The Kier molecular flexibility index (Phi) is 13.5. The topological polar surface area (TPSA) is 33.5 Å². The van der Waals surface area contributed by atoms with Crippen molar-refractivity contribution in [3.8, 4) is 50.7 Å². The molecule has 3 heterocycles. The Bertz CT molecular complexity index is 3630. The smallest absolute Gasteiger partial charge is 0.135 e. The number of aromatic nitrogens is 2. The number of para-hydroxylation sites is 3. The Balaban J connectivity index is 0.00000626. The quantitative estimate of drug-likeness (QED) is 0.128. The SMILES string of the molecule is CCc1cccc(CC)c1-c1cc(Oc2[c-]c3c(cc2)c2ccccc2n3-c2cc(C(C)(C)C)ccn2)[c-]c(N2[CH-]N(c3c(-c4ccc(F)cc4)cc(C(C)(C)C)cc3-c3ccc(F)cc3)c3ccccc32)c1.[Pt]. The van der Waals surface area contributed by atoms with Gasteiger partial charge in [-0.2, -0.15) is 6.07 Å². The number of benzene rings is 8. The van der Waals surface area contributed by atoms with Crippen LogP contribution >= 0.6 is 0 Å². The fraction of sp³-hybridized carbons (Fsp3) is 0.182. The van der Waals surface area contributed by atoms with Crippen LogP contribution in [0.25, 0.3) is 61.0 Å². The molecule has 0 saturated heterocycles. The third-order valence-corrected chi connectivity index (χ3v) is 14.2. The van der Waals surface area contributed by atoms with Gasteiger partial charge in [0.1, 0.15) is 17.5 Å². The summed E-state index contributed by atoms with van der Waals surface area (Å²) >= 11 is 0. The van der Waals surface area contributed by atoms with Crippen LogP contribution in [0.5, 0.6) is 11.5 Å². The van der Waals surface area contributed by atoms with Crippen molar-refractivity contribution in [2.45, 2.75) is 79.1 Å². The molecule has 8 aromatic carbocycles. The maximum atomic E-state index is 14.7. The average molecular weight is 1160 g/mol. The second-order valence-electron chi connectivity index (χ2n) is 21.0. The van der Waals surface area contributed by atoms with E-state index in [9.17, 15) is 8.78 Å². The van der Waals surface area contributed by atoms with E-state index < -0.39 is 0 Å². The first kappa shape index (κ1) is 50.2. The maximum absolute atomic E-state index is 14.7. The zero-order chi connectivity index (χ0) is 50.8.